The molecule has 5 rings (SSSR count). The van der Waals surface area contributed by atoms with Gasteiger partial charge < -0.3 is 9.73 Å². The first-order valence-electron chi connectivity index (χ1n) is 10.0. The average molecular weight is 474 g/mol. The number of anilines is 1. The summed E-state index contributed by atoms with van der Waals surface area (Å²) >= 11 is 8.90. The van der Waals surface area contributed by atoms with Gasteiger partial charge >= 0.3 is 0 Å². The first-order chi connectivity index (χ1) is 15.1. The van der Waals surface area contributed by atoms with Gasteiger partial charge in [-0.15, -0.1) is 10.2 Å². The maximum atomic E-state index is 13.4. The number of furan rings is 1. The van der Waals surface area contributed by atoms with Crippen molar-refractivity contribution >= 4 is 51.5 Å². The fraction of sp³-hybridized carbons (Fsp3) is 0.333. The number of halogens is 1. The number of hydrogen-bond donors (Lipinski definition) is 1. The molecule has 3 aromatic rings. The monoisotopic (exact) mass is 473 g/mol. The molecule has 1 N–H and O–H groups in total. The molecule has 0 radical (unpaired) electrons. The van der Waals surface area contributed by atoms with Crippen LogP contribution >= 0.6 is 34.7 Å². The molecule has 160 valence electrons. The molecule has 2 aromatic heterocycles. The van der Waals surface area contributed by atoms with E-state index >= 15 is 0 Å². The second-order valence-electron chi connectivity index (χ2n) is 7.52. The van der Waals surface area contributed by atoms with Gasteiger partial charge in [-0.2, -0.15) is 5.10 Å². The van der Waals surface area contributed by atoms with Gasteiger partial charge in [0.1, 0.15) is 11.8 Å². The Balaban J connectivity index is 1.34. The normalized spacial score (nSPS) is 19.4. The van der Waals surface area contributed by atoms with E-state index in [1.54, 1.807) is 11.3 Å². The van der Waals surface area contributed by atoms with E-state index in [1.807, 2.05) is 43.3 Å². The number of thioether (sulfide) groups is 1. The Hall–Kier alpha value is -2.36. The molecule has 0 saturated heterocycles. The van der Waals surface area contributed by atoms with Gasteiger partial charge in [0.05, 0.1) is 17.2 Å². The summed E-state index contributed by atoms with van der Waals surface area (Å²) in [6.07, 6.45) is 4.54. The van der Waals surface area contributed by atoms with Gasteiger partial charge in [0.15, 0.2) is 4.34 Å². The quantitative estimate of drug-likeness (QED) is 0.474. The molecular formula is C21H20ClN5O2S2. The van der Waals surface area contributed by atoms with Crippen LogP contribution in [0.25, 0.3) is 0 Å². The van der Waals surface area contributed by atoms with Crippen molar-refractivity contribution in [3.63, 3.8) is 0 Å². The van der Waals surface area contributed by atoms with Crippen LogP contribution in [0.3, 0.4) is 0 Å². The van der Waals surface area contributed by atoms with E-state index in [1.165, 1.54) is 35.9 Å². The standard InChI is InChI=1S/C21H20ClN5O2S2/c1-12(30-21-25-24-20(31-21)23-15-8-9-15)19(28)27-17(18-3-2-10-29-18)11-16(26-27)13-4-6-14(22)7-5-13/h2-7,10,12,15,17H,8-9,11H2,1H3,(H,23,24). The molecule has 2 aliphatic rings. The van der Waals surface area contributed by atoms with Crippen LogP contribution in [0.5, 0.6) is 0 Å². The number of benzene rings is 1. The van der Waals surface area contributed by atoms with E-state index in [4.69, 9.17) is 16.0 Å². The fourth-order valence-electron chi connectivity index (χ4n) is 3.34. The fourth-order valence-corrected chi connectivity index (χ4v) is 5.48. The lowest BCUT2D eigenvalue weighted by Gasteiger charge is -2.22. The second-order valence-corrected chi connectivity index (χ2v) is 10.5. The molecular weight excluding hydrogens is 454 g/mol. The number of rotatable bonds is 7. The van der Waals surface area contributed by atoms with Crippen LogP contribution in [0.15, 0.2) is 56.5 Å². The predicted octanol–water partition coefficient (Wildman–Crippen LogP) is 5.22. The summed E-state index contributed by atoms with van der Waals surface area (Å²) in [6, 6.07) is 11.4. The number of hydrogen-bond acceptors (Lipinski definition) is 8. The van der Waals surface area contributed by atoms with Crippen molar-refractivity contribution in [2.45, 2.75) is 47.9 Å². The minimum atomic E-state index is -0.368. The third kappa shape index (κ3) is 4.63. The van der Waals surface area contributed by atoms with Gasteiger partial charge in [0.2, 0.25) is 5.13 Å². The highest BCUT2D eigenvalue weighted by Crippen LogP contribution is 2.37. The van der Waals surface area contributed by atoms with Crippen LogP contribution < -0.4 is 5.32 Å². The summed E-state index contributed by atoms with van der Waals surface area (Å²) in [4.78, 5) is 13.4. The summed E-state index contributed by atoms with van der Waals surface area (Å²) in [6.45, 7) is 1.87. The van der Waals surface area contributed by atoms with E-state index in [0.717, 1.165) is 20.7 Å². The van der Waals surface area contributed by atoms with Gasteiger partial charge in [-0.25, -0.2) is 5.01 Å². The Morgan fingerprint density at radius 1 is 1.29 bits per heavy atom. The van der Waals surface area contributed by atoms with Crippen LogP contribution in [0.2, 0.25) is 5.02 Å². The molecule has 1 amide bonds. The summed E-state index contributed by atoms with van der Waals surface area (Å²) in [7, 11) is 0. The van der Waals surface area contributed by atoms with Crippen molar-refractivity contribution in [1.29, 1.82) is 0 Å². The van der Waals surface area contributed by atoms with Crippen molar-refractivity contribution in [1.82, 2.24) is 15.2 Å². The van der Waals surface area contributed by atoms with Crippen molar-refractivity contribution < 1.29 is 9.21 Å². The first kappa shape index (κ1) is 20.5. The van der Waals surface area contributed by atoms with E-state index in [2.05, 4.69) is 20.6 Å². The maximum absolute atomic E-state index is 13.4. The van der Waals surface area contributed by atoms with Crippen molar-refractivity contribution in [3.8, 4) is 0 Å². The minimum absolute atomic E-state index is 0.0951. The van der Waals surface area contributed by atoms with Crippen LogP contribution in [-0.2, 0) is 4.79 Å². The SMILES string of the molecule is CC(Sc1nnc(NC2CC2)s1)C(=O)N1N=C(c2ccc(Cl)cc2)CC1c1ccco1. The highest BCUT2D eigenvalue weighted by molar-refractivity contribution is 8.02. The molecule has 1 fully saturated rings. The highest BCUT2D eigenvalue weighted by atomic mass is 35.5. The van der Waals surface area contributed by atoms with Gasteiger partial charge in [-0.05, 0) is 49.6 Å². The Bertz CT molecular complexity index is 1100. The molecule has 1 aromatic carbocycles. The lowest BCUT2D eigenvalue weighted by Crippen LogP contribution is -2.33. The third-order valence-corrected chi connectivity index (χ3v) is 7.40. The zero-order chi connectivity index (χ0) is 21.4. The number of aromatic nitrogens is 2. The molecule has 31 heavy (non-hydrogen) atoms. The van der Waals surface area contributed by atoms with Crippen LogP contribution in [0.1, 0.15) is 43.6 Å². The average Bonchev–Trinajstić information content (AvgIpc) is 3.17. The smallest absolute Gasteiger partial charge is 0.256 e. The zero-order valence-corrected chi connectivity index (χ0v) is 19.1. The molecule has 0 spiro atoms. The molecule has 3 heterocycles. The molecule has 10 heteroatoms. The Kier molecular flexibility index (Phi) is 5.73. The first-order valence-corrected chi connectivity index (χ1v) is 12.1. The topological polar surface area (TPSA) is 83.6 Å². The van der Waals surface area contributed by atoms with Crippen LogP contribution in [0, 0.1) is 0 Å². The minimum Gasteiger partial charge on any atom is -0.467 e. The van der Waals surface area contributed by atoms with E-state index in [0.29, 0.717) is 23.2 Å². The van der Waals surface area contributed by atoms with Gasteiger partial charge in [-0.3, -0.25) is 4.79 Å². The predicted molar refractivity (Wildman–Crippen MR) is 123 cm³/mol. The number of amides is 1. The van der Waals surface area contributed by atoms with E-state index in [-0.39, 0.29) is 17.2 Å². The molecule has 0 bridgehead atoms. The molecule has 1 aliphatic carbocycles. The Labute approximate surface area is 192 Å². The summed E-state index contributed by atoms with van der Waals surface area (Å²) in [5.41, 5.74) is 1.77. The number of nitrogens with one attached hydrogen (secondary N) is 1. The second kappa shape index (κ2) is 8.64. The van der Waals surface area contributed by atoms with Crippen molar-refractivity contribution in [2.75, 3.05) is 5.32 Å². The third-order valence-electron chi connectivity index (χ3n) is 5.12. The van der Waals surface area contributed by atoms with E-state index < -0.39 is 0 Å². The molecule has 7 nitrogen and oxygen atoms in total. The number of carbonyl (C=O) groups excluding carboxylic acids is 1. The summed E-state index contributed by atoms with van der Waals surface area (Å²) in [5, 5.41) is 19.1. The van der Waals surface area contributed by atoms with Gasteiger partial charge in [-0.1, -0.05) is 46.8 Å². The van der Waals surface area contributed by atoms with Crippen LogP contribution in [0.4, 0.5) is 5.13 Å². The Morgan fingerprint density at radius 3 is 2.81 bits per heavy atom. The lowest BCUT2D eigenvalue weighted by molar-refractivity contribution is -0.132. The molecule has 1 saturated carbocycles. The maximum Gasteiger partial charge on any atom is 0.256 e. The summed E-state index contributed by atoms with van der Waals surface area (Å²) in [5.74, 6) is 0.618. The van der Waals surface area contributed by atoms with Gasteiger partial charge in [0, 0.05) is 17.5 Å². The molecule has 2 unspecified atom stereocenters. The number of nitrogens with zero attached hydrogens (tertiary/aromatic N) is 4. The van der Waals surface area contributed by atoms with Crippen molar-refractivity contribution in [3.05, 3.63) is 59.0 Å². The largest absolute Gasteiger partial charge is 0.467 e. The lowest BCUT2D eigenvalue weighted by atomic mass is 10.0. The Morgan fingerprint density at radius 2 is 2.10 bits per heavy atom. The highest BCUT2D eigenvalue weighted by Gasteiger charge is 2.37. The van der Waals surface area contributed by atoms with Crippen LogP contribution in [-0.4, -0.2) is 38.1 Å². The molecule has 1 aliphatic heterocycles. The van der Waals surface area contributed by atoms with Crippen molar-refractivity contribution in [2.24, 2.45) is 5.10 Å². The zero-order valence-electron chi connectivity index (χ0n) is 16.7. The number of hydrazone groups is 1. The van der Waals surface area contributed by atoms with E-state index in [9.17, 15) is 4.79 Å². The summed E-state index contributed by atoms with van der Waals surface area (Å²) < 4.78 is 6.39. The number of carbonyl (C=O) groups is 1. The molecule has 2 atom stereocenters. The van der Waals surface area contributed by atoms with Gasteiger partial charge in [0.25, 0.3) is 5.91 Å².